The first-order chi connectivity index (χ1) is 11.2. The van der Waals surface area contributed by atoms with Gasteiger partial charge in [-0.2, -0.15) is 0 Å². The van der Waals surface area contributed by atoms with Crippen LogP contribution in [0.15, 0.2) is 18.2 Å². The van der Waals surface area contributed by atoms with Crippen LogP contribution in [0, 0.1) is 0 Å². The van der Waals surface area contributed by atoms with E-state index in [0.29, 0.717) is 30.4 Å². The Morgan fingerprint density at radius 1 is 1.33 bits per heavy atom. The number of amides is 1. The predicted octanol–water partition coefficient (Wildman–Crippen LogP) is 2.54. The third kappa shape index (κ3) is 6.76. The lowest BCUT2D eigenvalue weighted by atomic mass is 10.1. The minimum Gasteiger partial charge on any atom is -0.489 e. The van der Waals surface area contributed by atoms with Crippen molar-refractivity contribution in [2.45, 2.75) is 46.4 Å². The largest absolute Gasteiger partial charge is 0.489 e. The molecule has 0 aliphatic heterocycles. The van der Waals surface area contributed by atoms with Crippen molar-refractivity contribution in [1.82, 2.24) is 10.2 Å². The van der Waals surface area contributed by atoms with Gasteiger partial charge < -0.3 is 15.2 Å². The van der Waals surface area contributed by atoms with E-state index in [1.807, 2.05) is 19.9 Å². The number of nitrogens with zero attached hydrogens (tertiary/aromatic N) is 1. The minimum atomic E-state index is -0.913. The number of nitrogens with one attached hydrogen (secondary N) is 1. The SMILES string of the molecule is CC(=O)NCCN(Cc1ccc(OC(C)C)c(Cl)c1)C(C)C(=O)O. The van der Waals surface area contributed by atoms with E-state index in [1.54, 1.807) is 24.0 Å². The summed E-state index contributed by atoms with van der Waals surface area (Å²) < 4.78 is 5.59. The van der Waals surface area contributed by atoms with E-state index in [0.717, 1.165) is 5.56 Å². The lowest BCUT2D eigenvalue weighted by molar-refractivity contribution is -0.142. The van der Waals surface area contributed by atoms with E-state index >= 15 is 0 Å². The summed E-state index contributed by atoms with van der Waals surface area (Å²) in [6, 6.07) is 4.75. The van der Waals surface area contributed by atoms with E-state index in [-0.39, 0.29) is 12.0 Å². The molecule has 1 aromatic rings. The van der Waals surface area contributed by atoms with Gasteiger partial charge in [0.05, 0.1) is 11.1 Å². The summed E-state index contributed by atoms with van der Waals surface area (Å²) in [5, 5.41) is 12.4. The Balaban J connectivity index is 2.83. The molecule has 1 atom stereocenters. The first-order valence-corrected chi connectivity index (χ1v) is 8.25. The van der Waals surface area contributed by atoms with Gasteiger partial charge in [0.25, 0.3) is 0 Å². The maximum absolute atomic E-state index is 11.3. The lowest BCUT2D eigenvalue weighted by Gasteiger charge is -2.26. The van der Waals surface area contributed by atoms with Crippen molar-refractivity contribution in [3.8, 4) is 5.75 Å². The standard InChI is InChI=1S/C17H25ClN2O4/c1-11(2)24-16-6-5-14(9-15(16)18)10-20(12(3)17(22)23)8-7-19-13(4)21/h5-6,9,11-12H,7-8,10H2,1-4H3,(H,19,21)(H,22,23). The summed E-state index contributed by atoms with van der Waals surface area (Å²) in [5.74, 6) is -0.452. The van der Waals surface area contributed by atoms with E-state index in [2.05, 4.69) is 5.32 Å². The Morgan fingerprint density at radius 3 is 2.50 bits per heavy atom. The molecule has 2 N–H and O–H groups in total. The van der Waals surface area contributed by atoms with Crippen LogP contribution in [0.5, 0.6) is 5.75 Å². The summed E-state index contributed by atoms with van der Waals surface area (Å²) in [5.41, 5.74) is 0.882. The number of carboxylic acids is 1. The van der Waals surface area contributed by atoms with Gasteiger partial charge in [-0.1, -0.05) is 17.7 Å². The van der Waals surface area contributed by atoms with Gasteiger partial charge in [-0.25, -0.2) is 0 Å². The lowest BCUT2D eigenvalue weighted by Crippen LogP contribution is -2.42. The Hall–Kier alpha value is -1.79. The summed E-state index contributed by atoms with van der Waals surface area (Å²) in [6.07, 6.45) is 0.0227. The Kier molecular flexibility index (Phi) is 8.01. The van der Waals surface area contributed by atoms with Crippen molar-refractivity contribution >= 4 is 23.5 Å². The molecule has 0 spiro atoms. The predicted molar refractivity (Wildman–Crippen MR) is 93.4 cm³/mol. The molecule has 0 heterocycles. The molecule has 1 rings (SSSR count). The van der Waals surface area contributed by atoms with Crippen molar-refractivity contribution in [3.63, 3.8) is 0 Å². The van der Waals surface area contributed by atoms with Crippen molar-refractivity contribution in [1.29, 1.82) is 0 Å². The number of rotatable bonds is 9. The maximum atomic E-state index is 11.3. The molecule has 0 aliphatic carbocycles. The molecule has 1 unspecified atom stereocenters. The van der Waals surface area contributed by atoms with Crippen molar-refractivity contribution in [3.05, 3.63) is 28.8 Å². The number of halogens is 1. The molecule has 6 nitrogen and oxygen atoms in total. The van der Waals surface area contributed by atoms with Gasteiger partial charge in [-0.3, -0.25) is 14.5 Å². The number of ether oxygens (including phenoxy) is 1. The molecule has 0 saturated carbocycles. The van der Waals surface area contributed by atoms with E-state index < -0.39 is 12.0 Å². The van der Waals surface area contributed by atoms with Crippen LogP contribution in [0.3, 0.4) is 0 Å². The van der Waals surface area contributed by atoms with Crippen LogP contribution in [-0.4, -0.2) is 47.1 Å². The molecule has 1 amide bonds. The number of benzene rings is 1. The highest BCUT2D eigenvalue weighted by Gasteiger charge is 2.21. The molecule has 7 heteroatoms. The second kappa shape index (κ2) is 9.49. The third-order valence-electron chi connectivity index (χ3n) is 3.42. The summed E-state index contributed by atoms with van der Waals surface area (Å²) in [4.78, 5) is 24.0. The van der Waals surface area contributed by atoms with Crippen LogP contribution in [0.4, 0.5) is 0 Å². The first-order valence-electron chi connectivity index (χ1n) is 7.87. The highest BCUT2D eigenvalue weighted by Crippen LogP contribution is 2.27. The molecule has 134 valence electrons. The molecule has 24 heavy (non-hydrogen) atoms. The zero-order valence-corrected chi connectivity index (χ0v) is 15.3. The van der Waals surface area contributed by atoms with Crippen LogP contribution in [-0.2, 0) is 16.1 Å². The second-order valence-corrected chi connectivity index (χ2v) is 6.31. The number of carboxylic acid groups (broad SMARTS) is 1. The van der Waals surface area contributed by atoms with Gasteiger partial charge in [-0.15, -0.1) is 0 Å². The molecule has 0 bridgehead atoms. The molecular weight excluding hydrogens is 332 g/mol. The Morgan fingerprint density at radius 2 is 2.00 bits per heavy atom. The normalized spacial score (nSPS) is 12.3. The Labute approximate surface area is 147 Å². The fourth-order valence-electron chi connectivity index (χ4n) is 2.17. The van der Waals surface area contributed by atoms with E-state index in [1.165, 1.54) is 6.92 Å². The van der Waals surface area contributed by atoms with Crippen LogP contribution in [0.2, 0.25) is 5.02 Å². The van der Waals surface area contributed by atoms with Gasteiger partial charge in [0.2, 0.25) is 5.91 Å². The number of carbonyl (C=O) groups excluding carboxylic acids is 1. The number of hydrogen-bond donors (Lipinski definition) is 2. The molecule has 0 fully saturated rings. The van der Waals surface area contributed by atoms with Crippen LogP contribution in [0.1, 0.15) is 33.3 Å². The fourth-order valence-corrected chi connectivity index (χ4v) is 2.42. The molecule has 0 saturated heterocycles. The monoisotopic (exact) mass is 356 g/mol. The molecule has 1 aromatic carbocycles. The van der Waals surface area contributed by atoms with Gasteiger partial charge in [0.1, 0.15) is 11.8 Å². The minimum absolute atomic E-state index is 0.0227. The topological polar surface area (TPSA) is 78.9 Å². The van der Waals surface area contributed by atoms with Crippen LogP contribution < -0.4 is 10.1 Å². The maximum Gasteiger partial charge on any atom is 0.320 e. The quantitative estimate of drug-likeness (QED) is 0.710. The number of carbonyl (C=O) groups is 2. The van der Waals surface area contributed by atoms with Gasteiger partial charge in [0, 0.05) is 26.6 Å². The van der Waals surface area contributed by atoms with Crippen LogP contribution >= 0.6 is 11.6 Å². The summed E-state index contributed by atoms with van der Waals surface area (Å²) >= 11 is 6.23. The van der Waals surface area contributed by atoms with Gasteiger partial charge in [0.15, 0.2) is 0 Å². The highest BCUT2D eigenvalue weighted by atomic mass is 35.5. The zero-order valence-electron chi connectivity index (χ0n) is 14.5. The van der Waals surface area contributed by atoms with Crippen LogP contribution in [0.25, 0.3) is 0 Å². The molecule has 0 aliphatic rings. The Bertz CT molecular complexity index is 578. The molecule has 0 radical (unpaired) electrons. The van der Waals surface area contributed by atoms with Gasteiger partial charge in [-0.05, 0) is 38.5 Å². The van der Waals surface area contributed by atoms with Crippen molar-refractivity contribution in [2.75, 3.05) is 13.1 Å². The van der Waals surface area contributed by atoms with Crippen molar-refractivity contribution in [2.24, 2.45) is 0 Å². The van der Waals surface area contributed by atoms with Crippen molar-refractivity contribution < 1.29 is 19.4 Å². The average Bonchev–Trinajstić information content (AvgIpc) is 2.47. The second-order valence-electron chi connectivity index (χ2n) is 5.90. The van der Waals surface area contributed by atoms with E-state index in [9.17, 15) is 14.7 Å². The number of hydrogen-bond acceptors (Lipinski definition) is 4. The number of aliphatic carboxylic acids is 1. The molecular formula is C17H25ClN2O4. The van der Waals surface area contributed by atoms with E-state index in [4.69, 9.17) is 16.3 Å². The summed E-state index contributed by atoms with van der Waals surface area (Å²) in [7, 11) is 0. The summed E-state index contributed by atoms with van der Waals surface area (Å²) in [6.45, 7) is 8.11. The van der Waals surface area contributed by atoms with Gasteiger partial charge >= 0.3 is 5.97 Å². The average molecular weight is 357 g/mol. The molecule has 0 aromatic heterocycles. The first kappa shape index (κ1) is 20.3. The smallest absolute Gasteiger partial charge is 0.320 e. The fraction of sp³-hybridized carbons (Fsp3) is 0.529. The third-order valence-corrected chi connectivity index (χ3v) is 3.72. The highest BCUT2D eigenvalue weighted by molar-refractivity contribution is 6.32. The zero-order chi connectivity index (χ0) is 18.3.